The zero-order valence-electron chi connectivity index (χ0n) is 84.4. The summed E-state index contributed by atoms with van der Waals surface area (Å²) < 4.78 is 129. The summed E-state index contributed by atoms with van der Waals surface area (Å²) in [6.07, 6.45) is 13.4. The SMILES string of the molecule is COC1=CC(=[N+](C)C)C=C(OC)C1=C(c1c(OC)cc(N(C)C)cc1OC)c1c(OC)cc(N2CCC(C(=O)O)CC2)cc1OC.COC1=CC(=[N+](C)C)C=C(OC)C1=C(c1c(OC)cc(N(C)C)cc1OC)c1c(OC)cc(N2CCC(C(=O)ON3C(=O)CCC3=O)CC2)cc1OC.COC1=CC(=[O+]C)C(=C(c2c(OC)cc(OC)cc2OC)c2c(OC)cc(OC)cc2OC)C(OC)=C1.I[I-]I. The third-order valence-corrected chi connectivity index (χ3v) is 24.0. The van der Waals surface area contributed by atoms with Crippen LogP contribution in [0.25, 0.3) is 16.7 Å². The number of nitrogens with zero attached hydrogens (tertiary/aromatic N) is 7. The number of ether oxygens (including phenoxy) is 20. The van der Waals surface area contributed by atoms with Crippen LogP contribution in [0.2, 0.25) is 0 Å². The van der Waals surface area contributed by atoms with Crippen molar-refractivity contribution in [2.75, 3.05) is 251 Å². The van der Waals surface area contributed by atoms with Crippen molar-refractivity contribution in [3.63, 3.8) is 0 Å². The van der Waals surface area contributed by atoms with Crippen LogP contribution in [0.4, 0.5) is 22.7 Å². The number of carbonyl (C=O) groups is 4. The van der Waals surface area contributed by atoms with Crippen molar-refractivity contribution >= 4 is 118 Å². The zero-order chi connectivity index (χ0) is 102. The first-order valence-corrected chi connectivity index (χ1v) is 56.3. The Labute approximate surface area is 843 Å². The maximum atomic E-state index is 12.9. The number of carbonyl (C=O) groups excluding carboxylic acids is 4. The Kier molecular flexibility index (Phi) is 40.7. The number of imide groups is 1. The van der Waals surface area contributed by atoms with Gasteiger partial charge < -0.3 is 124 Å². The summed E-state index contributed by atoms with van der Waals surface area (Å²) in [7, 11) is 49.0. The molecule has 34 nitrogen and oxygen atoms in total. The van der Waals surface area contributed by atoms with Crippen molar-refractivity contribution in [2.24, 2.45) is 11.8 Å². The minimum atomic E-state index is -0.754. The molecular formula is C102H128I3N7O27+2. The molecule has 3 fully saturated rings. The summed E-state index contributed by atoms with van der Waals surface area (Å²) in [6, 6.07) is 22.6. The summed E-state index contributed by atoms with van der Waals surface area (Å²) in [5.74, 6) is 7.79. The van der Waals surface area contributed by atoms with Crippen LogP contribution < -0.4 is 99.2 Å². The molecule has 0 atom stereocenters. The van der Waals surface area contributed by atoms with Gasteiger partial charge in [-0.25, -0.2) is 13.9 Å². The van der Waals surface area contributed by atoms with Crippen molar-refractivity contribution in [1.29, 1.82) is 0 Å². The van der Waals surface area contributed by atoms with Crippen molar-refractivity contribution in [1.82, 2.24) is 5.06 Å². The van der Waals surface area contributed by atoms with Crippen LogP contribution >= 0.6 is 37.2 Å². The van der Waals surface area contributed by atoms with E-state index in [0.717, 1.165) is 34.2 Å². The van der Waals surface area contributed by atoms with E-state index in [1.165, 1.54) is 0 Å². The van der Waals surface area contributed by atoms with Crippen LogP contribution in [0.1, 0.15) is 71.9 Å². The Morgan fingerprint density at radius 3 is 0.863 bits per heavy atom. The van der Waals surface area contributed by atoms with Gasteiger partial charge in [-0.2, -0.15) is 0 Å². The normalized spacial score (nSPS) is 15.0. The number of amides is 2. The van der Waals surface area contributed by atoms with Gasteiger partial charge in [0.25, 0.3) is 18.9 Å². The van der Waals surface area contributed by atoms with Crippen LogP contribution in [0, 0.1) is 11.8 Å². The molecule has 139 heavy (non-hydrogen) atoms. The number of ketones is 1. The van der Waals surface area contributed by atoms with Crippen molar-refractivity contribution in [3.8, 4) is 80.5 Å². The Morgan fingerprint density at radius 2 is 0.626 bits per heavy atom. The number of hydrogen-bond donors (Lipinski definition) is 1. The number of allylic oxidation sites excluding steroid dienone is 7. The zero-order valence-corrected chi connectivity index (χ0v) is 90.9. The van der Waals surface area contributed by atoms with Crippen molar-refractivity contribution in [2.45, 2.75) is 38.5 Å². The number of methoxy groups -OCH3 is 20. The van der Waals surface area contributed by atoms with E-state index in [-0.39, 0.29) is 18.8 Å². The fourth-order valence-corrected chi connectivity index (χ4v) is 16.7. The molecule has 0 aromatic heterocycles. The Bertz CT molecular complexity index is 5630. The van der Waals surface area contributed by atoms with Crippen LogP contribution in [-0.2, 0) is 56.9 Å². The van der Waals surface area contributed by atoms with Gasteiger partial charge in [0.2, 0.25) is 11.4 Å². The Hall–Kier alpha value is -12.5. The van der Waals surface area contributed by atoms with Gasteiger partial charge >= 0.3 is 68.2 Å². The van der Waals surface area contributed by atoms with E-state index in [2.05, 4.69) is 47.0 Å². The number of hydroxylamine groups is 2. The van der Waals surface area contributed by atoms with Gasteiger partial charge in [0.15, 0.2) is 0 Å². The van der Waals surface area contributed by atoms with Crippen LogP contribution in [-0.4, -0.2) is 292 Å². The predicted molar refractivity (Wildman–Crippen MR) is 546 cm³/mol. The van der Waals surface area contributed by atoms with E-state index in [1.54, 1.807) is 186 Å². The van der Waals surface area contributed by atoms with Crippen LogP contribution in [0.5, 0.6) is 80.5 Å². The van der Waals surface area contributed by atoms with E-state index >= 15 is 0 Å². The third-order valence-electron chi connectivity index (χ3n) is 24.0. The van der Waals surface area contributed by atoms with E-state index in [1.807, 2.05) is 148 Å². The van der Waals surface area contributed by atoms with E-state index in [0.29, 0.717) is 258 Å². The molecular weight excluding hydrogens is 2140 g/mol. The van der Waals surface area contributed by atoms with Gasteiger partial charge in [0.1, 0.15) is 149 Å². The molecule has 6 aliphatic rings. The fourth-order valence-electron chi connectivity index (χ4n) is 16.7. The molecule has 1 N–H and O–H groups in total. The molecule has 3 saturated heterocycles. The first-order valence-electron chi connectivity index (χ1n) is 43.8. The Balaban J connectivity index is 0.000000233. The summed E-state index contributed by atoms with van der Waals surface area (Å²) in [4.78, 5) is 62.0. The number of benzene rings is 6. The molecule has 3 heterocycles. The minimum absolute atomic E-state index is 0.0469. The topological polar surface area (TPSA) is 316 Å². The number of hydrogen-bond acceptors (Lipinski definition) is 29. The first kappa shape index (κ1) is 110. The molecule has 752 valence electrons. The molecule has 0 unspecified atom stereocenters. The fraction of sp³-hybridized carbons (Fsp3) is 0.402. The van der Waals surface area contributed by atoms with Crippen LogP contribution in [0.3, 0.4) is 0 Å². The molecule has 3 aliphatic heterocycles. The standard InChI is InChI=1S/C39H49N4O10.C35H45N3O8.C28H33O9.I3/c1-40(2)24-17-27(47-5)35(28(18-24)48-6)38(36-29(49-7)19-25(41(3)4)20-30(36)50-8)37-31(51-9)21-26(22-32(37)52-10)42-15-13-23(14-16-42)39(46)53-43-33(44)11-12-34(43)45;1-36(2)22-15-25(41-5)31(26(16-22)42-6)34(32-27(43-7)17-23(37(3)4)18-28(32)44-8)33-29(45-9)19-24(20-30(33)46-10)38-13-11-21(12-14-38)35(39)40;1-29-16-10-19(32-4)25(20(11-16)33-5)28(26-21(34-6)12-17(30-2)13-22(26)35-7)27-23(36-8)14-18(31-3)15-24(27)37-9;1-3-2/h17-23H,11-16H2,1-10H3;15-21H,11-14H2,1-10H3;10-15H,1-9H3;/q+1;;+1;-1/p+1. The van der Waals surface area contributed by atoms with Gasteiger partial charge in [0, 0.05) is 186 Å². The number of piperidine rings is 2. The summed E-state index contributed by atoms with van der Waals surface area (Å²) in [6.45, 7) is 2.21. The number of halogens is 3. The van der Waals surface area contributed by atoms with Crippen molar-refractivity contribution < 1.29 is 151 Å². The second-order valence-electron chi connectivity index (χ2n) is 32.2. The molecule has 0 radical (unpaired) electrons. The summed E-state index contributed by atoms with van der Waals surface area (Å²) in [5, 5.41) is 10.1. The van der Waals surface area contributed by atoms with Crippen molar-refractivity contribution in [3.05, 3.63) is 194 Å². The monoisotopic (exact) mass is 2260 g/mol. The third kappa shape index (κ3) is 24.7. The quantitative estimate of drug-likeness (QED) is 0.0131. The van der Waals surface area contributed by atoms with Crippen LogP contribution in [0.15, 0.2) is 161 Å². The number of carboxylic acid groups (broad SMARTS) is 1. The van der Waals surface area contributed by atoms with Gasteiger partial charge in [-0.15, -0.1) is 5.06 Å². The molecule has 2 amide bonds. The molecule has 6 aromatic carbocycles. The van der Waals surface area contributed by atoms with E-state index < -0.39 is 29.7 Å². The molecule has 6 aromatic rings. The number of carboxylic acids is 1. The first-order chi connectivity index (χ1) is 66.8. The molecule has 0 spiro atoms. The summed E-state index contributed by atoms with van der Waals surface area (Å²) in [5.41, 5.74) is 12.6. The van der Waals surface area contributed by atoms with Gasteiger partial charge in [-0.05, 0) is 25.7 Å². The van der Waals surface area contributed by atoms with E-state index in [4.69, 9.17) is 104 Å². The average molecular weight is 2260 g/mol. The number of rotatable bonds is 33. The molecule has 3 aliphatic carbocycles. The molecule has 12 rings (SSSR count). The molecule has 0 bridgehead atoms. The molecule has 0 saturated carbocycles. The number of aliphatic carboxylic acids is 1. The second-order valence-corrected chi connectivity index (χ2v) is 48.4. The van der Waals surface area contributed by atoms with Gasteiger partial charge in [-0.1, -0.05) is 0 Å². The summed E-state index contributed by atoms with van der Waals surface area (Å²) >= 11 is 5.30. The van der Waals surface area contributed by atoms with E-state index in [9.17, 15) is 24.3 Å². The van der Waals surface area contributed by atoms with Gasteiger partial charge in [-0.3, -0.25) is 18.8 Å². The molecule has 37 heteroatoms. The Morgan fingerprint density at radius 1 is 0.367 bits per heavy atom. The van der Waals surface area contributed by atoms with Gasteiger partial charge in [0.05, 0.1) is 229 Å². The number of anilines is 4. The average Bonchev–Trinajstić information content (AvgIpc) is 0.865. The predicted octanol–water partition coefficient (Wildman–Crippen LogP) is 12.0. The maximum absolute atomic E-state index is 12.9. The second kappa shape index (κ2) is 51.4.